The highest BCUT2D eigenvalue weighted by atomic mass is 19.1. The molecule has 32 heavy (non-hydrogen) atoms. The van der Waals surface area contributed by atoms with Crippen molar-refractivity contribution in [3.8, 4) is 11.5 Å². The van der Waals surface area contributed by atoms with Gasteiger partial charge >= 0.3 is 0 Å². The lowest BCUT2D eigenvalue weighted by atomic mass is 10.1. The van der Waals surface area contributed by atoms with Crippen LogP contribution in [0.5, 0.6) is 11.5 Å². The number of hydrogen-bond acceptors (Lipinski definition) is 4. The van der Waals surface area contributed by atoms with Gasteiger partial charge in [-0.1, -0.05) is 42.5 Å². The molecule has 0 atom stereocenters. The number of hydrogen-bond donors (Lipinski definition) is 2. The number of carbonyl (C=O) groups excluding carboxylic acids is 1. The first-order valence-electron chi connectivity index (χ1n) is 9.99. The molecule has 0 unspecified atom stereocenters. The molecule has 3 aromatic carbocycles. The van der Waals surface area contributed by atoms with Gasteiger partial charge in [0.15, 0.2) is 11.6 Å². The van der Waals surface area contributed by atoms with E-state index in [4.69, 9.17) is 9.47 Å². The van der Waals surface area contributed by atoms with Crippen molar-refractivity contribution in [2.75, 3.05) is 14.2 Å². The van der Waals surface area contributed by atoms with Gasteiger partial charge in [0.05, 0.1) is 36.4 Å². The topological polar surface area (TPSA) is 76.2 Å². The molecule has 0 saturated carbocycles. The van der Waals surface area contributed by atoms with Gasteiger partial charge in [-0.3, -0.25) is 9.89 Å². The van der Waals surface area contributed by atoms with Gasteiger partial charge in [0, 0.05) is 6.54 Å². The molecule has 0 spiro atoms. The van der Waals surface area contributed by atoms with Gasteiger partial charge in [0.1, 0.15) is 5.75 Å². The molecule has 0 aliphatic heterocycles. The Labute approximate surface area is 184 Å². The summed E-state index contributed by atoms with van der Waals surface area (Å²) < 4.78 is 24.3. The lowest BCUT2D eigenvalue weighted by molar-refractivity contribution is 0.0948. The first-order valence-corrected chi connectivity index (χ1v) is 9.99. The molecule has 7 heteroatoms. The number of fused-ring (bicyclic) bond motifs is 1. The Hall–Kier alpha value is -4.13. The largest absolute Gasteiger partial charge is 0.495 e. The zero-order chi connectivity index (χ0) is 22.5. The van der Waals surface area contributed by atoms with Crippen LogP contribution >= 0.6 is 0 Å². The minimum absolute atomic E-state index is 0.163. The van der Waals surface area contributed by atoms with Crippen molar-refractivity contribution >= 4 is 29.0 Å². The lowest BCUT2D eigenvalue weighted by Crippen LogP contribution is -2.23. The molecule has 4 rings (SSSR count). The van der Waals surface area contributed by atoms with Crippen molar-refractivity contribution in [2.45, 2.75) is 6.54 Å². The van der Waals surface area contributed by atoms with E-state index in [0.717, 1.165) is 11.1 Å². The summed E-state index contributed by atoms with van der Waals surface area (Å²) in [4.78, 5) is 12.9. The number of ether oxygens (including phenoxy) is 2. The molecular weight excluding hydrogens is 409 g/mol. The third kappa shape index (κ3) is 4.32. The minimum Gasteiger partial charge on any atom is -0.495 e. The van der Waals surface area contributed by atoms with Gasteiger partial charge in [-0.15, -0.1) is 0 Å². The van der Waals surface area contributed by atoms with E-state index >= 15 is 0 Å². The van der Waals surface area contributed by atoms with Crippen molar-refractivity contribution < 1.29 is 18.7 Å². The van der Waals surface area contributed by atoms with E-state index in [0.29, 0.717) is 34.5 Å². The van der Waals surface area contributed by atoms with E-state index in [1.807, 2.05) is 30.3 Å². The lowest BCUT2D eigenvalue weighted by Gasteiger charge is -2.11. The van der Waals surface area contributed by atoms with Crippen LogP contribution in [0.25, 0.3) is 23.1 Å². The van der Waals surface area contributed by atoms with Crippen LogP contribution in [0.3, 0.4) is 0 Å². The quantitative estimate of drug-likeness (QED) is 0.440. The number of nitrogens with one attached hydrogen (secondary N) is 2. The number of benzene rings is 3. The summed E-state index contributed by atoms with van der Waals surface area (Å²) in [5, 5.41) is 10.9. The molecule has 1 heterocycles. The standard InChI is InChI=1S/C25H22FN3O3/c1-31-22-14-16(8-11-19(22)26)9-12-20-23-21(29-28-20)13-10-18(24(23)32-2)25(30)27-15-17-6-4-3-5-7-17/h3-14H,15H2,1-2H3,(H,27,30)(H,28,29). The Morgan fingerprint density at radius 2 is 1.88 bits per heavy atom. The summed E-state index contributed by atoms with van der Waals surface area (Å²) in [6.45, 7) is 0.408. The van der Waals surface area contributed by atoms with Crippen LogP contribution in [0, 0.1) is 5.82 Å². The summed E-state index contributed by atoms with van der Waals surface area (Å²) in [5.74, 6) is -0.0776. The van der Waals surface area contributed by atoms with Crippen LogP contribution in [-0.4, -0.2) is 30.3 Å². The van der Waals surface area contributed by atoms with E-state index in [1.165, 1.54) is 20.3 Å². The number of aromatic nitrogens is 2. The van der Waals surface area contributed by atoms with Crippen LogP contribution in [0.1, 0.15) is 27.2 Å². The van der Waals surface area contributed by atoms with Gasteiger partial charge in [-0.25, -0.2) is 4.39 Å². The SMILES string of the molecule is COc1cc(C=Cc2[nH]nc3ccc(C(=O)NCc4ccccc4)c(OC)c23)ccc1F. The zero-order valence-corrected chi connectivity index (χ0v) is 17.7. The Morgan fingerprint density at radius 1 is 1.06 bits per heavy atom. The second kappa shape index (κ2) is 9.34. The maximum absolute atomic E-state index is 13.7. The van der Waals surface area contributed by atoms with Crippen LogP contribution in [0.2, 0.25) is 0 Å². The van der Waals surface area contributed by atoms with Gasteiger partial charge in [-0.05, 0) is 41.5 Å². The Kier molecular flexibility index (Phi) is 6.17. The maximum atomic E-state index is 13.7. The average molecular weight is 431 g/mol. The molecule has 0 radical (unpaired) electrons. The first-order chi connectivity index (χ1) is 15.6. The molecule has 0 fully saturated rings. The molecule has 0 bridgehead atoms. The number of methoxy groups -OCH3 is 2. The van der Waals surface area contributed by atoms with Gasteiger partial charge < -0.3 is 14.8 Å². The molecule has 0 saturated heterocycles. The number of nitrogens with zero attached hydrogens (tertiary/aromatic N) is 1. The predicted octanol–water partition coefficient (Wildman–Crippen LogP) is 4.82. The van der Waals surface area contributed by atoms with Gasteiger partial charge in [-0.2, -0.15) is 5.10 Å². The summed E-state index contributed by atoms with van der Waals surface area (Å²) in [6, 6.07) is 17.7. The zero-order valence-electron chi connectivity index (χ0n) is 17.7. The number of H-pyrrole nitrogens is 1. The Morgan fingerprint density at radius 3 is 2.62 bits per heavy atom. The van der Waals surface area contributed by atoms with Crippen molar-refractivity contribution in [1.29, 1.82) is 0 Å². The van der Waals surface area contributed by atoms with Crippen LogP contribution in [-0.2, 0) is 6.54 Å². The van der Waals surface area contributed by atoms with E-state index in [2.05, 4.69) is 15.5 Å². The van der Waals surface area contributed by atoms with E-state index in [1.54, 1.807) is 36.4 Å². The fourth-order valence-corrected chi connectivity index (χ4v) is 3.45. The fourth-order valence-electron chi connectivity index (χ4n) is 3.45. The average Bonchev–Trinajstić information content (AvgIpc) is 3.25. The molecule has 0 aliphatic rings. The molecule has 1 amide bonds. The maximum Gasteiger partial charge on any atom is 0.255 e. The number of aromatic amines is 1. The minimum atomic E-state index is -0.426. The van der Waals surface area contributed by atoms with Crippen LogP contribution < -0.4 is 14.8 Å². The molecule has 6 nitrogen and oxygen atoms in total. The van der Waals surface area contributed by atoms with E-state index < -0.39 is 5.82 Å². The molecule has 1 aromatic heterocycles. The third-order valence-electron chi connectivity index (χ3n) is 5.06. The van der Waals surface area contributed by atoms with Crippen molar-refractivity contribution in [1.82, 2.24) is 15.5 Å². The first kappa shape index (κ1) is 21.1. The van der Waals surface area contributed by atoms with Gasteiger partial charge in [0.2, 0.25) is 0 Å². The number of carbonyl (C=O) groups is 1. The summed E-state index contributed by atoms with van der Waals surface area (Å²) in [6.07, 6.45) is 3.60. The van der Waals surface area contributed by atoms with Crippen molar-refractivity contribution in [2.24, 2.45) is 0 Å². The monoisotopic (exact) mass is 431 g/mol. The number of halogens is 1. The number of rotatable bonds is 7. The Balaban J connectivity index is 1.64. The van der Waals surface area contributed by atoms with Crippen LogP contribution in [0.4, 0.5) is 4.39 Å². The van der Waals surface area contributed by atoms with Crippen molar-refractivity contribution in [3.63, 3.8) is 0 Å². The normalized spacial score (nSPS) is 11.1. The smallest absolute Gasteiger partial charge is 0.255 e. The fraction of sp³-hybridized carbons (Fsp3) is 0.120. The molecule has 2 N–H and O–H groups in total. The molecule has 4 aromatic rings. The van der Waals surface area contributed by atoms with Crippen molar-refractivity contribution in [3.05, 3.63) is 88.9 Å². The summed E-state index contributed by atoms with van der Waals surface area (Å²) in [7, 11) is 2.94. The number of amides is 1. The summed E-state index contributed by atoms with van der Waals surface area (Å²) in [5.41, 5.74) is 3.50. The van der Waals surface area contributed by atoms with Crippen LogP contribution in [0.15, 0.2) is 60.7 Å². The molecule has 162 valence electrons. The highest BCUT2D eigenvalue weighted by Gasteiger charge is 2.18. The predicted molar refractivity (Wildman–Crippen MR) is 122 cm³/mol. The third-order valence-corrected chi connectivity index (χ3v) is 5.06. The summed E-state index contributed by atoms with van der Waals surface area (Å²) >= 11 is 0. The molecular formula is C25H22FN3O3. The highest BCUT2D eigenvalue weighted by Crippen LogP contribution is 2.32. The second-order valence-corrected chi connectivity index (χ2v) is 7.07. The highest BCUT2D eigenvalue weighted by molar-refractivity contribution is 6.05. The second-order valence-electron chi connectivity index (χ2n) is 7.07. The Bertz CT molecular complexity index is 1280. The van der Waals surface area contributed by atoms with E-state index in [-0.39, 0.29) is 11.7 Å². The molecule has 0 aliphatic carbocycles. The van der Waals surface area contributed by atoms with Gasteiger partial charge in [0.25, 0.3) is 5.91 Å². The van der Waals surface area contributed by atoms with E-state index in [9.17, 15) is 9.18 Å².